The van der Waals surface area contributed by atoms with E-state index in [1.165, 1.54) is 11.4 Å². The molecule has 1 fully saturated rings. The Hall–Kier alpha value is -1.93. The first-order valence-electron chi connectivity index (χ1n) is 8.40. The second-order valence-electron chi connectivity index (χ2n) is 6.46. The number of ether oxygens (including phenoxy) is 1. The lowest BCUT2D eigenvalue weighted by atomic mass is 9.98. The van der Waals surface area contributed by atoms with Crippen molar-refractivity contribution in [3.05, 3.63) is 36.0 Å². The van der Waals surface area contributed by atoms with E-state index in [0.717, 1.165) is 0 Å². The van der Waals surface area contributed by atoms with E-state index in [0.29, 0.717) is 43.5 Å². The van der Waals surface area contributed by atoms with Crippen LogP contribution in [-0.4, -0.2) is 43.1 Å². The molecule has 136 valence electrons. The lowest BCUT2D eigenvalue weighted by Crippen LogP contribution is -2.38. The maximum Gasteiger partial charge on any atom is 0.246 e. The van der Waals surface area contributed by atoms with Gasteiger partial charge in [0.2, 0.25) is 21.8 Å². The Bertz CT molecular complexity index is 824. The molecule has 8 heteroatoms. The molecule has 7 nitrogen and oxygen atoms in total. The van der Waals surface area contributed by atoms with Crippen molar-refractivity contribution in [2.45, 2.75) is 43.4 Å². The molecule has 0 radical (unpaired) electrons. The van der Waals surface area contributed by atoms with Crippen molar-refractivity contribution < 1.29 is 17.6 Å². The predicted molar refractivity (Wildman–Crippen MR) is 92.1 cm³/mol. The molecular weight excluding hydrogens is 342 g/mol. The summed E-state index contributed by atoms with van der Waals surface area (Å²) in [5.41, 5.74) is 0. The number of hydrogen-bond acceptors (Lipinski definition) is 6. The molecule has 1 saturated heterocycles. The molecule has 1 aromatic heterocycles. The molecule has 2 aromatic rings. The van der Waals surface area contributed by atoms with Crippen molar-refractivity contribution in [1.29, 1.82) is 0 Å². The minimum absolute atomic E-state index is 0.101. The summed E-state index contributed by atoms with van der Waals surface area (Å²) in [5, 5.41) is 8.19. The van der Waals surface area contributed by atoms with Gasteiger partial charge in [-0.1, -0.05) is 26.0 Å². The number of sulfonamides is 1. The van der Waals surface area contributed by atoms with E-state index in [9.17, 15) is 8.42 Å². The molecule has 0 amide bonds. The van der Waals surface area contributed by atoms with Gasteiger partial charge >= 0.3 is 0 Å². The van der Waals surface area contributed by atoms with Crippen LogP contribution in [0.5, 0.6) is 5.75 Å². The first-order chi connectivity index (χ1) is 11.9. The number of benzene rings is 1. The number of hydrogen-bond donors (Lipinski definition) is 0. The molecule has 0 atom stereocenters. The van der Waals surface area contributed by atoms with Gasteiger partial charge in [-0.3, -0.25) is 0 Å². The molecule has 0 saturated carbocycles. The largest absolute Gasteiger partial charge is 0.495 e. The quantitative estimate of drug-likeness (QED) is 0.810. The van der Waals surface area contributed by atoms with Gasteiger partial charge in [-0.25, -0.2) is 8.42 Å². The van der Waals surface area contributed by atoms with E-state index < -0.39 is 10.0 Å². The van der Waals surface area contributed by atoms with Crippen LogP contribution in [0, 0.1) is 0 Å². The van der Waals surface area contributed by atoms with Gasteiger partial charge in [0.15, 0.2) is 0 Å². The van der Waals surface area contributed by atoms with Crippen molar-refractivity contribution in [2.75, 3.05) is 20.2 Å². The zero-order valence-electron chi connectivity index (χ0n) is 14.7. The zero-order valence-corrected chi connectivity index (χ0v) is 15.5. The van der Waals surface area contributed by atoms with Crippen LogP contribution in [0.4, 0.5) is 0 Å². The molecule has 2 heterocycles. The number of aromatic nitrogens is 2. The van der Waals surface area contributed by atoms with Gasteiger partial charge in [0, 0.05) is 24.9 Å². The first kappa shape index (κ1) is 17.9. The summed E-state index contributed by atoms with van der Waals surface area (Å²) in [4.78, 5) is 0.204. The van der Waals surface area contributed by atoms with Crippen LogP contribution in [0.15, 0.2) is 33.6 Å². The molecule has 1 aliphatic heterocycles. The van der Waals surface area contributed by atoms with Crippen molar-refractivity contribution in [3.63, 3.8) is 0 Å². The van der Waals surface area contributed by atoms with Crippen molar-refractivity contribution >= 4 is 10.0 Å². The Morgan fingerprint density at radius 2 is 1.88 bits per heavy atom. The zero-order chi connectivity index (χ0) is 18.0. The summed E-state index contributed by atoms with van der Waals surface area (Å²) < 4.78 is 38.2. The molecule has 1 aromatic carbocycles. The van der Waals surface area contributed by atoms with Crippen LogP contribution in [-0.2, 0) is 10.0 Å². The summed E-state index contributed by atoms with van der Waals surface area (Å²) in [6, 6.07) is 6.69. The first-order valence-corrected chi connectivity index (χ1v) is 9.84. The lowest BCUT2D eigenvalue weighted by Gasteiger charge is -2.30. The van der Waals surface area contributed by atoms with Gasteiger partial charge < -0.3 is 9.15 Å². The van der Waals surface area contributed by atoms with Crippen LogP contribution in [0.3, 0.4) is 0 Å². The van der Waals surface area contributed by atoms with E-state index in [2.05, 4.69) is 10.2 Å². The average molecular weight is 365 g/mol. The third-order valence-electron chi connectivity index (χ3n) is 4.44. The highest BCUT2D eigenvalue weighted by Crippen LogP contribution is 2.33. The minimum atomic E-state index is -3.58. The van der Waals surface area contributed by atoms with Gasteiger partial charge in [-0.05, 0) is 25.0 Å². The summed E-state index contributed by atoms with van der Waals surface area (Å²) in [6.07, 6.45) is 1.32. The minimum Gasteiger partial charge on any atom is -0.495 e. The van der Waals surface area contributed by atoms with E-state index in [1.807, 2.05) is 13.8 Å². The number of piperidine rings is 1. The van der Waals surface area contributed by atoms with E-state index in [1.54, 1.807) is 24.3 Å². The van der Waals surface area contributed by atoms with Gasteiger partial charge in [-0.2, -0.15) is 4.31 Å². The van der Waals surface area contributed by atoms with Gasteiger partial charge in [0.1, 0.15) is 10.6 Å². The lowest BCUT2D eigenvalue weighted by molar-refractivity contribution is 0.284. The SMILES string of the molecule is COc1ccccc1S(=O)(=O)N1CCC(c2nnc(C(C)C)o2)CC1. The third-order valence-corrected chi connectivity index (χ3v) is 6.38. The highest BCUT2D eigenvalue weighted by molar-refractivity contribution is 7.89. The Kier molecular flexibility index (Phi) is 5.10. The molecule has 0 spiro atoms. The third kappa shape index (κ3) is 3.55. The van der Waals surface area contributed by atoms with Crippen LogP contribution in [0.25, 0.3) is 0 Å². The molecule has 3 rings (SSSR count). The topological polar surface area (TPSA) is 85.5 Å². The van der Waals surface area contributed by atoms with Gasteiger partial charge in [0.25, 0.3) is 0 Å². The van der Waals surface area contributed by atoms with E-state index in [-0.39, 0.29) is 16.7 Å². The Morgan fingerprint density at radius 3 is 2.48 bits per heavy atom. The van der Waals surface area contributed by atoms with Crippen LogP contribution in [0.2, 0.25) is 0 Å². The maximum atomic E-state index is 12.9. The summed E-state index contributed by atoms with van der Waals surface area (Å²) in [7, 11) is -2.10. The maximum absolute atomic E-state index is 12.9. The Morgan fingerprint density at radius 1 is 1.20 bits per heavy atom. The van der Waals surface area contributed by atoms with Crippen molar-refractivity contribution in [1.82, 2.24) is 14.5 Å². The fourth-order valence-electron chi connectivity index (χ4n) is 2.96. The molecule has 1 aliphatic rings. The summed E-state index contributed by atoms with van der Waals surface area (Å²) in [5.74, 6) is 1.89. The number of methoxy groups -OCH3 is 1. The smallest absolute Gasteiger partial charge is 0.246 e. The standard InChI is InChI=1S/C17H23N3O4S/c1-12(2)16-18-19-17(24-16)13-8-10-20(11-9-13)25(21,22)15-7-5-4-6-14(15)23-3/h4-7,12-13H,8-11H2,1-3H3. The fourth-order valence-corrected chi connectivity index (χ4v) is 4.58. The van der Waals surface area contributed by atoms with Crippen LogP contribution in [0.1, 0.15) is 50.3 Å². The number of nitrogens with zero attached hydrogens (tertiary/aromatic N) is 3. The Balaban J connectivity index is 1.73. The highest BCUT2D eigenvalue weighted by atomic mass is 32.2. The normalized spacial score (nSPS) is 17.1. The molecule has 0 unspecified atom stereocenters. The van der Waals surface area contributed by atoms with Crippen molar-refractivity contribution in [3.8, 4) is 5.75 Å². The molecule has 25 heavy (non-hydrogen) atoms. The second-order valence-corrected chi connectivity index (χ2v) is 8.37. The fraction of sp³-hybridized carbons (Fsp3) is 0.529. The monoisotopic (exact) mass is 365 g/mol. The van der Waals surface area contributed by atoms with E-state index >= 15 is 0 Å². The van der Waals surface area contributed by atoms with E-state index in [4.69, 9.17) is 9.15 Å². The average Bonchev–Trinajstić information content (AvgIpc) is 3.12. The summed E-state index contributed by atoms with van der Waals surface area (Å²) in [6.45, 7) is 4.84. The predicted octanol–water partition coefficient (Wildman–Crippen LogP) is 2.77. The molecule has 0 bridgehead atoms. The van der Waals surface area contributed by atoms with Gasteiger partial charge in [0.05, 0.1) is 7.11 Å². The second kappa shape index (κ2) is 7.13. The van der Waals surface area contributed by atoms with Crippen molar-refractivity contribution in [2.24, 2.45) is 0 Å². The van der Waals surface area contributed by atoms with Gasteiger partial charge in [-0.15, -0.1) is 10.2 Å². The molecular formula is C17H23N3O4S. The molecule has 0 aliphatic carbocycles. The molecule has 0 N–H and O–H groups in total. The number of rotatable bonds is 5. The van der Waals surface area contributed by atoms with Crippen LogP contribution >= 0.6 is 0 Å². The summed E-state index contributed by atoms with van der Waals surface area (Å²) >= 11 is 0. The Labute approximate surface area is 148 Å². The number of para-hydroxylation sites is 1. The van der Waals surface area contributed by atoms with Crippen LogP contribution < -0.4 is 4.74 Å². The highest BCUT2D eigenvalue weighted by Gasteiger charge is 2.33.